The highest BCUT2D eigenvalue weighted by atomic mass is 32.2. The summed E-state index contributed by atoms with van der Waals surface area (Å²) in [6.07, 6.45) is 3.86. The van der Waals surface area contributed by atoms with Gasteiger partial charge in [0.15, 0.2) is 24.9 Å². The molecule has 184 valence electrons. The van der Waals surface area contributed by atoms with E-state index >= 15 is 0 Å². The third-order valence-corrected chi connectivity index (χ3v) is 5.87. The lowest BCUT2D eigenvalue weighted by Gasteiger charge is -2.11. The molecule has 0 aliphatic heterocycles. The number of amides is 1. The number of nitrogens with zero attached hydrogens (tertiary/aromatic N) is 2. The highest BCUT2D eigenvalue weighted by Crippen LogP contribution is 2.34. The van der Waals surface area contributed by atoms with Crippen LogP contribution in [0.5, 0.6) is 11.5 Å². The lowest BCUT2D eigenvalue weighted by molar-refractivity contribution is -0.695. The Labute approximate surface area is 208 Å². The number of rotatable bonds is 12. The Kier molecular flexibility index (Phi) is 10.2. The molecule has 0 aliphatic carbocycles. The van der Waals surface area contributed by atoms with Crippen molar-refractivity contribution >= 4 is 35.0 Å². The topological polar surface area (TPSA) is 151 Å². The fourth-order valence-electron chi connectivity index (χ4n) is 2.69. The summed E-state index contributed by atoms with van der Waals surface area (Å²) < 4.78 is 30.3. The van der Waals surface area contributed by atoms with Crippen LogP contribution < -0.4 is 26.3 Å². The van der Waals surface area contributed by atoms with Gasteiger partial charge in [-0.25, -0.2) is 13.7 Å². The Morgan fingerprint density at radius 2 is 1.86 bits per heavy atom. The Morgan fingerprint density at radius 3 is 2.54 bits per heavy atom. The molecule has 2 aromatic carbocycles. The molecule has 1 unspecified atom stereocenters. The fraction of sp³-hybridized carbons (Fsp3) is 0.136. The summed E-state index contributed by atoms with van der Waals surface area (Å²) in [7, 11) is 1.35. The molecule has 0 saturated heterocycles. The molecular weight excluding hydrogens is 494 g/mol. The van der Waals surface area contributed by atoms with Gasteiger partial charge in [0.25, 0.3) is 5.91 Å². The maximum absolute atomic E-state index is 12.4. The molecule has 1 amide bonds. The van der Waals surface area contributed by atoms with Crippen LogP contribution in [-0.2, 0) is 31.1 Å². The molecule has 3 aromatic rings. The maximum atomic E-state index is 12.4. The van der Waals surface area contributed by atoms with Crippen LogP contribution in [0.4, 0.5) is 0 Å². The number of ether oxygens (including phenoxy) is 1. The second kappa shape index (κ2) is 13.5. The third kappa shape index (κ3) is 8.43. The quantitative estimate of drug-likeness (QED) is 0.0617. The molecule has 1 heterocycles. The Bertz CT molecular complexity index is 1170. The fourth-order valence-corrected chi connectivity index (χ4v) is 3.84. The first-order valence-corrected chi connectivity index (χ1v) is 12.0. The van der Waals surface area contributed by atoms with Gasteiger partial charge < -0.3 is 16.2 Å². The third-order valence-electron chi connectivity index (χ3n) is 4.24. The van der Waals surface area contributed by atoms with E-state index in [0.717, 1.165) is 12.0 Å². The van der Waals surface area contributed by atoms with E-state index in [1.807, 2.05) is 35.2 Å². The Balaban J connectivity index is 1.60. The molecule has 0 saturated carbocycles. The van der Waals surface area contributed by atoms with Gasteiger partial charge in [0.1, 0.15) is 11.5 Å². The molecule has 0 fully saturated rings. The van der Waals surface area contributed by atoms with Crippen LogP contribution in [0.3, 0.4) is 0 Å². The highest BCUT2D eigenvalue weighted by Gasteiger charge is 2.14. The van der Waals surface area contributed by atoms with Gasteiger partial charge in [-0.05, 0) is 42.5 Å². The van der Waals surface area contributed by atoms with Crippen molar-refractivity contribution in [1.29, 1.82) is 0 Å². The number of aliphatic imine (C=N–C) groups is 1. The van der Waals surface area contributed by atoms with Crippen molar-refractivity contribution in [2.45, 2.75) is 16.3 Å². The van der Waals surface area contributed by atoms with Crippen LogP contribution >= 0.6 is 12.0 Å². The molecule has 0 spiro atoms. The molecule has 11 nitrogen and oxygen atoms in total. The van der Waals surface area contributed by atoms with Gasteiger partial charge in [-0.2, -0.15) is 19.1 Å². The number of nitrogens with one attached hydrogen (secondary N) is 1. The summed E-state index contributed by atoms with van der Waals surface area (Å²) in [5, 5.41) is 0. The minimum Gasteiger partial charge on any atom is -0.456 e. The largest absolute Gasteiger partial charge is 0.456 e. The predicted octanol–water partition coefficient (Wildman–Crippen LogP) is 2.01. The number of hydrogen-bond donors (Lipinski definition) is 3. The number of pyridine rings is 1. The number of hydrogen-bond acceptors (Lipinski definition) is 8. The number of guanidine groups is 1. The van der Waals surface area contributed by atoms with Crippen molar-refractivity contribution in [3.05, 3.63) is 78.6 Å². The SMILES string of the molecule is COOSc1cc(C(=O)N=C(N)N)ccc1Oc1ccc(S(=O)ONCC[n+]2ccccc2)cc1. The number of carbonyl (C=O) groups is 1. The second-order valence-corrected chi connectivity index (χ2v) is 8.57. The first-order valence-electron chi connectivity index (χ1n) is 10.2. The standard InChI is InChI=1S/C22H23N5O6S2/c1-30-33-34-20-15-16(21(28)26-22(23)24)5-10-19(20)31-17-6-8-18(9-7-17)35(29)32-25-11-14-27-12-3-2-4-13-27/h2-10,12-13,15,25H,11,14H2,1H3,(H3-,23,24,26,28)/p+1. The van der Waals surface area contributed by atoms with E-state index in [-0.39, 0.29) is 11.5 Å². The van der Waals surface area contributed by atoms with Gasteiger partial charge in [0.2, 0.25) is 11.1 Å². The first kappa shape index (κ1) is 26.3. The summed E-state index contributed by atoms with van der Waals surface area (Å²) >= 11 is -0.860. The van der Waals surface area contributed by atoms with Crippen LogP contribution in [0.25, 0.3) is 0 Å². The van der Waals surface area contributed by atoms with Gasteiger partial charge >= 0.3 is 0 Å². The van der Waals surface area contributed by atoms with Crippen molar-refractivity contribution in [2.75, 3.05) is 13.7 Å². The van der Waals surface area contributed by atoms with Crippen molar-refractivity contribution in [1.82, 2.24) is 5.48 Å². The van der Waals surface area contributed by atoms with E-state index in [4.69, 9.17) is 24.8 Å². The predicted molar refractivity (Wildman–Crippen MR) is 129 cm³/mol. The zero-order chi connectivity index (χ0) is 25.0. The highest BCUT2D eigenvalue weighted by molar-refractivity contribution is 7.94. The number of benzene rings is 2. The monoisotopic (exact) mass is 518 g/mol. The average molecular weight is 519 g/mol. The van der Waals surface area contributed by atoms with E-state index in [0.29, 0.717) is 34.4 Å². The summed E-state index contributed by atoms with van der Waals surface area (Å²) in [4.78, 5) is 21.1. The molecule has 0 aliphatic rings. The first-order chi connectivity index (χ1) is 17.0. The van der Waals surface area contributed by atoms with E-state index in [9.17, 15) is 9.00 Å². The molecule has 1 atom stereocenters. The Hall–Kier alpha value is -3.33. The molecule has 3 rings (SSSR count). The molecule has 13 heteroatoms. The zero-order valence-electron chi connectivity index (χ0n) is 18.7. The second-order valence-electron chi connectivity index (χ2n) is 6.72. The molecule has 35 heavy (non-hydrogen) atoms. The number of aromatic nitrogens is 1. The normalized spacial score (nSPS) is 11.6. The van der Waals surface area contributed by atoms with Crippen molar-refractivity contribution in [2.24, 2.45) is 16.5 Å². The molecule has 1 aromatic heterocycles. The van der Waals surface area contributed by atoms with Crippen LogP contribution in [0, 0.1) is 0 Å². The zero-order valence-corrected chi connectivity index (χ0v) is 20.3. The summed E-state index contributed by atoms with van der Waals surface area (Å²) in [6.45, 7) is 1.14. The maximum Gasteiger partial charge on any atom is 0.280 e. The van der Waals surface area contributed by atoms with Crippen LogP contribution in [0.15, 0.2) is 87.8 Å². The van der Waals surface area contributed by atoms with Gasteiger partial charge in [-0.15, -0.1) is 0 Å². The van der Waals surface area contributed by atoms with E-state index in [1.165, 1.54) is 19.2 Å². The van der Waals surface area contributed by atoms with Crippen LogP contribution in [0.2, 0.25) is 0 Å². The van der Waals surface area contributed by atoms with Crippen molar-refractivity contribution in [3.63, 3.8) is 0 Å². The number of nitrogens with two attached hydrogens (primary N) is 2. The lowest BCUT2D eigenvalue weighted by Crippen LogP contribution is -2.38. The molecular formula is C22H24N5O6S2+. The average Bonchev–Trinajstić information content (AvgIpc) is 2.86. The van der Waals surface area contributed by atoms with E-state index < -0.39 is 17.0 Å². The van der Waals surface area contributed by atoms with Crippen LogP contribution in [0.1, 0.15) is 10.4 Å². The van der Waals surface area contributed by atoms with Crippen molar-refractivity contribution < 1.29 is 31.8 Å². The lowest BCUT2D eigenvalue weighted by atomic mass is 10.2. The molecule has 0 radical (unpaired) electrons. The smallest absolute Gasteiger partial charge is 0.280 e. The van der Waals surface area contributed by atoms with Gasteiger partial charge in [-0.1, -0.05) is 6.07 Å². The number of carbonyl (C=O) groups excluding carboxylic acids is 1. The van der Waals surface area contributed by atoms with Crippen LogP contribution in [-0.4, -0.2) is 29.7 Å². The summed E-state index contributed by atoms with van der Waals surface area (Å²) in [5.41, 5.74) is 13.5. The van der Waals surface area contributed by atoms with Gasteiger partial charge in [0, 0.05) is 17.7 Å². The van der Waals surface area contributed by atoms with E-state index in [1.54, 1.807) is 30.3 Å². The van der Waals surface area contributed by atoms with Gasteiger partial charge in [0.05, 0.1) is 35.5 Å². The summed E-state index contributed by atoms with van der Waals surface area (Å²) in [5.74, 6) is -0.108. The van der Waals surface area contributed by atoms with E-state index in [2.05, 4.69) is 15.4 Å². The van der Waals surface area contributed by atoms with Gasteiger partial charge in [-0.3, -0.25) is 4.79 Å². The number of hydroxylamine groups is 1. The minimum absolute atomic E-state index is 0.231. The Morgan fingerprint density at radius 1 is 1.11 bits per heavy atom. The minimum atomic E-state index is -1.71. The molecule has 0 bridgehead atoms. The summed E-state index contributed by atoms with van der Waals surface area (Å²) in [6, 6.07) is 16.9. The van der Waals surface area contributed by atoms with Crippen molar-refractivity contribution in [3.8, 4) is 11.5 Å². The molecule has 5 N–H and O–H groups in total.